The molecule has 1 aliphatic heterocycles. The van der Waals surface area contributed by atoms with Crippen LogP contribution >= 0.6 is 11.3 Å². The molecule has 1 aliphatic carbocycles. The first kappa shape index (κ1) is 10.7. The van der Waals surface area contributed by atoms with Gasteiger partial charge in [0.2, 0.25) is 0 Å². The molecule has 2 aliphatic rings. The summed E-state index contributed by atoms with van der Waals surface area (Å²) in [5.41, 5.74) is 0.454. The maximum absolute atomic E-state index is 11.7. The van der Waals surface area contributed by atoms with E-state index in [1.54, 1.807) is 21.9 Å². The van der Waals surface area contributed by atoms with Crippen molar-refractivity contribution in [3.05, 3.63) is 33.7 Å². The minimum Gasteiger partial charge on any atom is -0.311 e. The molecule has 2 aromatic rings. The molecular weight excluding hydrogens is 246 g/mol. The average Bonchev–Trinajstić information content (AvgIpc) is 2.96. The number of aromatic nitrogens is 2. The molecule has 1 N–H and O–H groups in total. The Morgan fingerprint density at radius 2 is 2.39 bits per heavy atom. The molecule has 0 aromatic carbocycles. The largest absolute Gasteiger partial charge is 0.311 e. The Labute approximate surface area is 109 Å². The predicted octanol–water partition coefficient (Wildman–Crippen LogP) is 1.76. The van der Waals surface area contributed by atoms with Crippen molar-refractivity contribution in [3.8, 4) is 0 Å². The molecule has 18 heavy (non-hydrogen) atoms. The first-order chi connectivity index (χ1) is 8.76. The molecule has 2 fully saturated rings. The van der Waals surface area contributed by atoms with Crippen molar-refractivity contribution in [2.24, 2.45) is 0 Å². The number of piperidine rings is 1. The van der Waals surface area contributed by atoms with E-state index >= 15 is 0 Å². The number of nitrogens with zero attached hydrogens (tertiary/aromatic N) is 2. The van der Waals surface area contributed by atoms with Gasteiger partial charge in [0, 0.05) is 28.9 Å². The zero-order valence-corrected chi connectivity index (χ0v) is 10.9. The van der Waals surface area contributed by atoms with E-state index in [4.69, 9.17) is 0 Å². The highest BCUT2D eigenvalue weighted by molar-refractivity contribution is 7.17. The zero-order valence-electron chi connectivity index (χ0n) is 10.1. The monoisotopic (exact) mass is 261 g/mol. The SMILES string of the molecule is O=c1ccnc2sc([C@@H]3CCNC4(CC4)C3)cn12. The first-order valence-corrected chi connectivity index (χ1v) is 7.30. The van der Waals surface area contributed by atoms with Gasteiger partial charge in [0.1, 0.15) is 0 Å². The van der Waals surface area contributed by atoms with Crippen LogP contribution < -0.4 is 10.9 Å². The van der Waals surface area contributed by atoms with Crippen molar-refractivity contribution in [1.82, 2.24) is 14.7 Å². The zero-order chi connectivity index (χ0) is 12.2. The van der Waals surface area contributed by atoms with Crippen LogP contribution in [0.4, 0.5) is 0 Å². The van der Waals surface area contributed by atoms with Gasteiger partial charge >= 0.3 is 0 Å². The maximum Gasteiger partial charge on any atom is 0.258 e. The summed E-state index contributed by atoms with van der Waals surface area (Å²) in [7, 11) is 0. The predicted molar refractivity (Wildman–Crippen MR) is 71.3 cm³/mol. The van der Waals surface area contributed by atoms with E-state index in [2.05, 4.69) is 10.3 Å². The van der Waals surface area contributed by atoms with Gasteiger partial charge in [0.25, 0.3) is 5.56 Å². The molecular formula is C13H15N3OS. The highest BCUT2D eigenvalue weighted by Gasteiger charge is 2.46. The van der Waals surface area contributed by atoms with Crippen LogP contribution in [0.3, 0.4) is 0 Å². The van der Waals surface area contributed by atoms with E-state index in [1.165, 1.54) is 36.6 Å². The van der Waals surface area contributed by atoms with Crippen molar-refractivity contribution < 1.29 is 0 Å². The summed E-state index contributed by atoms with van der Waals surface area (Å²) < 4.78 is 1.68. The van der Waals surface area contributed by atoms with Crippen LogP contribution in [0.25, 0.3) is 4.96 Å². The number of hydrogen-bond acceptors (Lipinski definition) is 4. The van der Waals surface area contributed by atoms with Gasteiger partial charge in [-0.2, -0.15) is 0 Å². The topological polar surface area (TPSA) is 46.4 Å². The molecule has 5 heteroatoms. The number of fused-ring (bicyclic) bond motifs is 1. The Hall–Kier alpha value is -1.20. The van der Waals surface area contributed by atoms with E-state index in [9.17, 15) is 4.79 Å². The van der Waals surface area contributed by atoms with Crippen molar-refractivity contribution in [1.29, 1.82) is 0 Å². The van der Waals surface area contributed by atoms with Crippen LogP contribution in [0, 0.1) is 0 Å². The maximum atomic E-state index is 11.7. The molecule has 3 heterocycles. The molecule has 94 valence electrons. The van der Waals surface area contributed by atoms with E-state index in [-0.39, 0.29) is 5.56 Å². The summed E-state index contributed by atoms with van der Waals surface area (Å²) in [5, 5.41) is 3.63. The molecule has 4 nitrogen and oxygen atoms in total. The Bertz CT molecular complexity index is 656. The fourth-order valence-corrected chi connectivity index (χ4v) is 4.07. The highest BCUT2D eigenvalue weighted by atomic mass is 32.1. The Morgan fingerprint density at radius 1 is 1.50 bits per heavy atom. The molecule has 0 radical (unpaired) electrons. The second kappa shape index (κ2) is 3.65. The quantitative estimate of drug-likeness (QED) is 0.851. The lowest BCUT2D eigenvalue weighted by Crippen LogP contribution is -2.39. The minimum atomic E-state index is 0.0255. The lowest BCUT2D eigenvalue weighted by molar-refractivity contribution is 0.348. The minimum absolute atomic E-state index is 0.0255. The smallest absolute Gasteiger partial charge is 0.258 e. The highest BCUT2D eigenvalue weighted by Crippen LogP contribution is 2.47. The second-order valence-electron chi connectivity index (χ2n) is 5.47. The third-order valence-electron chi connectivity index (χ3n) is 4.20. The van der Waals surface area contributed by atoms with Gasteiger partial charge < -0.3 is 5.32 Å². The van der Waals surface area contributed by atoms with E-state index in [1.807, 2.05) is 6.20 Å². The fraction of sp³-hybridized carbons (Fsp3) is 0.538. The molecule has 1 saturated carbocycles. The van der Waals surface area contributed by atoms with Gasteiger partial charge in [-0.25, -0.2) is 4.98 Å². The Morgan fingerprint density at radius 3 is 3.17 bits per heavy atom. The molecule has 0 bridgehead atoms. The summed E-state index contributed by atoms with van der Waals surface area (Å²) >= 11 is 1.67. The Balaban J connectivity index is 1.73. The van der Waals surface area contributed by atoms with Crippen molar-refractivity contribution in [2.75, 3.05) is 6.54 Å². The fourth-order valence-electron chi connectivity index (χ4n) is 2.98. The van der Waals surface area contributed by atoms with Crippen LogP contribution in [-0.4, -0.2) is 21.5 Å². The van der Waals surface area contributed by atoms with E-state index in [0.29, 0.717) is 11.5 Å². The first-order valence-electron chi connectivity index (χ1n) is 6.48. The molecule has 0 amide bonds. The Kier molecular flexibility index (Phi) is 2.17. The van der Waals surface area contributed by atoms with Gasteiger partial charge in [-0.3, -0.25) is 9.20 Å². The van der Waals surface area contributed by atoms with Crippen LogP contribution in [0.15, 0.2) is 23.3 Å². The molecule has 1 spiro atoms. The van der Waals surface area contributed by atoms with Gasteiger partial charge in [-0.05, 0) is 38.1 Å². The lowest BCUT2D eigenvalue weighted by atomic mass is 9.90. The van der Waals surface area contributed by atoms with Crippen LogP contribution in [-0.2, 0) is 0 Å². The third kappa shape index (κ3) is 1.61. The molecule has 0 unspecified atom stereocenters. The van der Waals surface area contributed by atoms with E-state index in [0.717, 1.165) is 11.5 Å². The molecule has 2 aromatic heterocycles. The summed E-state index contributed by atoms with van der Waals surface area (Å²) in [6.07, 6.45) is 8.61. The van der Waals surface area contributed by atoms with Crippen LogP contribution in [0.1, 0.15) is 36.5 Å². The molecule has 1 saturated heterocycles. The summed E-state index contributed by atoms with van der Waals surface area (Å²) in [6, 6.07) is 1.52. The van der Waals surface area contributed by atoms with Crippen molar-refractivity contribution in [2.45, 2.75) is 37.1 Å². The number of hydrogen-bond donors (Lipinski definition) is 1. The summed E-state index contributed by atoms with van der Waals surface area (Å²) in [4.78, 5) is 18.1. The number of nitrogens with one attached hydrogen (secondary N) is 1. The van der Waals surface area contributed by atoms with Crippen LogP contribution in [0.5, 0.6) is 0 Å². The normalized spacial score (nSPS) is 25.7. The van der Waals surface area contributed by atoms with Gasteiger partial charge in [-0.1, -0.05) is 0 Å². The molecule has 4 rings (SSSR count). The number of rotatable bonds is 1. The van der Waals surface area contributed by atoms with E-state index < -0.39 is 0 Å². The second-order valence-corrected chi connectivity index (χ2v) is 6.51. The van der Waals surface area contributed by atoms with Crippen molar-refractivity contribution in [3.63, 3.8) is 0 Å². The van der Waals surface area contributed by atoms with Gasteiger partial charge in [-0.15, -0.1) is 11.3 Å². The van der Waals surface area contributed by atoms with Crippen molar-refractivity contribution >= 4 is 16.3 Å². The summed E-state index contributed by atoms with van der Waals surface area (Å²) in [5.74, 6) is 0.597. The summed E-state index contributed by atoms with van der Waals surface area (Å²) in [6.45, 7) is 1.10. The average molecular weight is 261 g/mol. The van der Waals surface area contributed by atoms with Gasteiger partial charge in [0.15, 0.2) is 4.96 Å². The molecule has 1 atom stereocenters. The number of thiazole rings is 1. The lowest BCUT2D eigenvalue weighted by Gasteiger charge is -2.29. The standard InChI is InChI=1S/C13H15N3OS/c17-11-2-5-14-12-16(11)8-10(18-12)9-1-6-15-13(7-9)3-4-13/h2,5,8-9,15H,1,3-4,6-7H2/t9-/m1/s1. The van der Waals surface area contributed by atoms with Crippen LogP contribution in [0.2, 0.25) is 0 Å². The van der Waals surface area contributed by atoms with Gasteiger partial charge in [0.05, 0.1) is 0 Å². The third-order valence-corrected chi connectivity index (χ3v) is 5.36.